The van der Waals surface area contributed by atoms with Crippen molar-refractivity contribution in [1.82, 2.24) is 0 Å². The molecule has 2 aromatic rings. The van der Waals surface area contributed by atoms with Gasteiger partial charge in [0.05, 0.1) is 6.07 Å². The first kappa shape index (κ1) is 11.4. The molecule has 84 valence electrons. The van der Waals surface area contributed by atoms with Gasteiger partial charge in [-0.05, 0) is 35.6 Å². The molecule has 0 aliphatic rings. The van der Waals surface area contributed by atoms with Gasteiger partial charge in [-0.15, -0.1) is 0 Å². The molecule has 2 rings (SSSR count). The van der Waals surface area contributed by atoms with E-state index >= 15 is 0 Å². The van der Waals surface area contributed by atoms with Crippen LogP contribution in [0.3, 0.4) is 0 Å². The minimum absolute atomic E-state index is 0.572. The van der Waals surface area contributed by atoms with Crippen molar-refractivity contribution in [2.24, 2.45) is 0 Å². The summed E-state index contributed by atoms with van der Waals surface area (Å²) >= 11 is 0. The molecule has 0 aliphatic heterocycles. The molecular weight excluding hydrogens is 206 g/mol. The topological polar surface area (TPSA) is 23.8 Å². The predicted octanol–water partition coefficient (Wildman–Crippen LogP) is 4.12. The Morgan fingerprint density at radius 2 is 1.59 bits per heavy atom. The molecule has 0 amide bonds. The molecule has 0 saturated carbocycles. The zero-order valence-electron chi connectivity index (χ0n) is 9.98. The number of benzene rings is 2. The summed E-state index contributed by atoms with van der Waals surface area (Å²) < 4.78 is 0. The van der Waals surface area contributed by atoms with Crippen molar-refractivity contribution in [3.63, 3.8) is 0 Å². The summed E-state index contributed by atoms with van der Waals surface area (Å²) in [4.78, 5) is 0. The van der Waals surface area contributed by atoms with E-state index in [0.717, 1.165) is 6.42 Å². The minimum Gasteiger partial charge on any atom is -0.198 e. The molecule has 0 bridgehead atoms. The lowest BCUT2D eigenvalue weighted by Crippen LogP contribution is -1.91. The summed E-state index contributed by atoms with van der Waals surface area (Å²) in [6.45, 7) is 2.12. The van der Waals surface area contributed by atoms with E-state index in [-0.39, 0.29) is 0 Å². The average molecular weight is 221 g/mol. The Kier molecular flexibility index (Phi) is 3.57. The summed E-state index contributed by atoms with van der Waals surface area (Å²) in [5.41, 5.74) is 5.04. The van der Waals surface area contributed by atoms with Gasteiger partial charge in [0.2, 0.25) is 0 Å². The van der Waals surface area contributed by atoms with Gasteiger partial charge < -0.3 is 0 Å². The van der Waals surface area contributed by atoms with Crippen molar-refractivity contribution in [1.29, 1.82) is 5.26 Å². The highest BCUT2D eigenvalue weighted by atomic mass is 14.2. The summed E-state index contributed by atoms with van der Waals surface area (Å²) in [6.07, 6.45) is 1.39. The Balaban J connectivity index is 2.45. The Bertz CT molecular complexity index is 549. The van der Waals surface area contributed by atoms with E-state index in [1.54, 1.807) is 0 Å². The van der Waals surface area contributed by atoms with Gasteiger partial charge in [-0.2, -0.15) is 5.26 Å². The highest BCUT2D eigenvalue weighted by Crippen LogP contribution is 2.27. The molecule has 1 heteroatoms. The van der Waals surface area contributed by atoms with Gasteiger partial charge in [-0.1, -0.05) is 48.5 Å². The van der Waals surface area contributed by atoms with E-state index in [4.69, 9.17) is 5.26 Å². The van der Waals surface area contributed by atoms with Crippen LogP contribution in [0.15, 0.2) is 48.5 Å². The Morgan fingerprint density at radius 1 is 0.941 bits per heavy atom. The summed E-state index contributed by atoms with van der Waals surface area (Å²) in [6, 6.07) is 18.9. The molecule has 1 nitrogen and oxygen atoms in total. The van der Waals surface area contributed by atoms with Crippen LogP contribution in [0, 0.1) is 18.3 Å². The van der Waals surface area contributed by atoms with Crippen molar-refractivity contribution in [2.75, 3.05) is 0 Å². The molecule has 0 unspecified atom stereocenters. The molecule has 2 aromatic carbocycles. The van der Waals surface area contributed by atoms with Crippen LogP contribution in [-0.4, -0.2) is 0 Å². The molecule has 0 fully saturated rings. The molecular formula is C16H15N. The third-order valence-electron chi connectivity index (χ3n) is 2.96. The van der Waals surface area contributed by atoms with Crippen LogP contribution in [0.2, 0.25) is 0 Å². The Morgan fingerprint density at radius 3 is 2.29 bits per heavy atom. The van der Waals surface area contributed by atoms with Crippen LogP contribution in [0.25, 0.3) is 11.1 Å². The number of hydrogen-bond donors (Lipinski definition) is 0. The molecule has 0 atom stereocenters. The molecule has 0 radical (unpaired) electrons. The monoisotopic (exact) mass is 221 g/mol. The van der Waals surface area contributed by atoms with E-state index in [2.05, 4.69) is 55.5 Å². The lowest BCUT2D eigenvalue weighted by atomic mass is 9.94. The van der Waals surface area contributed by atoms with Crippen molar-refractivity contribution < 1.29 is 0 Å². The summed E-state index contributed by atoms with van der Waals surface area (Å²) in [7, 11) is 0. The second-order valence-electron chi connectivity index (χ2n) is 4.13. The van der Waals surface area contributed by atoms with E-state index in [0.29, 0.717) is 6.42 Å². The van der Waals surface area contributed by atoms with Crippen LogP contribution in [0.4, 0.5) is 0 Å². The zero-order chi connectivity index (χ0) is 12.1. The van der Waals surface area contributed by atoms with E-state index in [1.807, 2.05) is 6.07 Å². The average Bonchev–Trinajstić information content (AvgIpc) is 2.37. The third kappa shape index (κ3) is 2.54. The van der Waals surface area contributed by atoms with Crippen molar-refractivity contribution in [3.05, 3.63) is 59.7 Å². The van der Waals surface area contributed by atoms with E-state index in [9.17, 15) is 0 Å². The molecule has 0 spiro atoms. The fraction of sp³-hybridized carbons (Fsp3) is 0.188. The van der Waals surface area contributed by atoms with Crippen LogP contribution < -0.4 is 0 Å². The highest BCUT2D eigenvalue weighted by Gasteiger charge is 2.05. The van der Waals surface area contributed by atoms with Crippen LogP contribution in [0.1, 0.15) is 17.5 Å². The fourth-order valence-electron chi connectivity index (χ4n) is 2.07. The van der Waals surface area contributed by atoms with Crippen LogP contribution >= 0.6 is 0 Å². The first-order valence-electron chi connectivity index (χ1n) is 5.84. The molecule has 0 aromatic heterocycles. The fourth-order valence-corrected chi connectivity index (χ4v) is 2.07. The van der Waals surface area contributed by atoms with Crippen molar-refractivity contribution in [3.8, 4) is 17.2 Å². The Hall–Kier alpha value is -2.07. The summed E-state index contributed by atoms with van der Waals surface area (Å²) in [5.74, 6) is 0. The maximum absolute atomic E-state index is 8.69. The van der Waals surface area contributed by atoms with Gasteiger partial charge in [0.1, 0.15) is 0 Å². The minimum atomic E-state index is 0.572. The van der Waals surface area contributed by atoms with E-state index < -0.39 is 0 Å². The number of nitrogens with zero attached hydrogens (tertiary/aromatic N) is 1. The van der Waals surface area contributed by atoms with E-state index in [1.165, 1.54) is 22.3 Å². The first-order chi connectivity index (χ1) is 8.33. The molecule has 0 N–H and O–H groups in total. The number of nitriles is 1. The number of aryl methyl sites for hydroxylation is 2. The third-order valence-corrected chi connectivity index (χ3v) is 2.96. The van der Waals surface area contributed by atoms with Gasteiger partial charge in [0.25, 0.3) is 0 Å². The van der Waals surface area contributed by atoms with Gasteiger partial charge >= 0.3 is 0 Å². The van der Waals surface area contributed by atoms with Crippen LogP contribution in [0.5, 0.6) is 0 Å². The lowest BCUT2D eigenvalue weighted by Gasteiger charge is -2.10. The summed E-state index contributed by atoms with van der Waals surface area (Å²) in [5, 5.41) is 8.69. The number of rotatable bonds is 3. The van der Waals surface area contributed by atoms with Gasteiger partial charge in [0.15, 0.2) is 0 Å². The first-order valence-corrected chi connectivity index (χ1v) is 5.84. The SMILES string of the molecule is Cc1ccccc1-c1ccccc1CCC#N. The van der Waals surface area contributed by atoms with Gasteiger partial charge in [-0.3, -0.25) is 0 Å². The molecule has 0 aliphatic carbocycles. The molecule has 0 saturated heterocycles. The normalized spacial score (nSPS) is 9.88. The maximum Gasteiger partial charge on any atom is 0.0625 e. The highest BCUT2D eigenvalue weighted by molar-refractivity contribution is 5.70. The molecule has 0 heterocycles. The van der Waals surface area contributed by atoms with Gasteiger partial charge in [0, 0.05) is 6.42 Å². The van der Waals surface area contributed by atoms with Gasteiger partial charge in [-0.25, -0.2) is 0 Å². The quantitative estimate of drug-likeness (QED) is 0.764. The van der Waals surface area contributed by atoms with Crippen LogP contribution in [-0.2, 0) is 6.42 Å². The molecule has 17 heavy (non-hydrogen) atoms. The van der Waals surface area contributed by atoms with Crippen molar-refractivity contribution in [2.45, 2.75) is 19.8 Å². The Labute approximate surface area is 102 Å². The van der Waals surface area contributed by atoms with Crippen molar-refractivity contribution >= 4 is 0 Å². The number of hydrogen-bond acceptors (Lipinski definition) is 1. The second-order valence-corrected chi connectivity index (χ2v) is 4.13. The lowest BCUT2D eigenvalue weighted by molar-refractivity contribution is 1.01. The second kappa shape index (κ2) is 5.32. The zero-order valence-corrected chi connectivity index (χ0v) is 9.98. The largest absolute Gasteiger partial charge is 0.198 e. The smallest absolute Gasteiger partial charge is 0.0625 e. The standard InChI is InChI=1S/C16H15N/c1-13-7-2-4-10-15(13)16-11-5-3-8-14(16)9-6-12-17/h2-5,7-8,10-11H,6,9H2,1H3. The maximum atomic E-state index is 8.69. The predicted molar refractivity (Wildman–Crippen MR) is 70.5 cm³/mol.